The number of nitrogens with zero attached hydrogens (tertiary/aromatic N) is 3. The Morgan fingerprint density at radius 2 is 1.95 bits per heavy atom. The third-order valence-corrected chi connectivity index (χ3v) is 3.76. The van der Waals surface area contributed by atoms with Crippen molar-refractivity contribution in [2.45, 2.75) is 32.4 Å². The number of piperazine rings is 1. The average Bonchev–Trinajstić information content (AvgIpc) is 2.48. The summed E-state index contributed by atoms with van der Waals surface area (Å²) < 4.78 is 0. The first-order chi connectivity index (χ1) is 9.70. The van der Waals surface area contributed by atoms with Crippen molar-refractivity contribution in [1.82, 2.24) is 14.8 Å². The molecule has 0 aliphatic carbocycles. The van der Waals surface area contributed by atoms with Crippen LogP contribution in [0.5, 0.6) is 0 Å². The van der Waals surface area contributed by atoms with E-state index in [1.807, 2.05) is 29.4 Å². The van der Waals surface area contributed by atoms with Crippen molar-refractivity contribution in [3.63, 3.8) is 0 Å². The molecule has 110 valence electrons. The molecular formula is C15H24N4O. The molecule has 0 radical (unpaired) electrons. The van der Waals surface area contributed by atoms with E-state index >= 15 is 0 Å². The summed E-state index contributed by atoms with van der Waals surface area (Å²) in [5, 5.41) is 0. The van der Waals surface area contributed by atoms with E-state index < -0.39 is 0 Å². The molecule has 1 aromatic heterocycles. The highest BCUT2D eigenvalue weighted by Gasteiger charge is 2.24. The van der Waals surface area contributed by atoms with Crippen LogP contribution in [0.1, 0.15) is 25.3 Å². The number of amides is 1. The van der Waals surface area contributed by atoms with Gasteiger partial charge in [0.2, 0.25) is 5.91 Å². The zero-order chi connectivity index (χ0) is 14.4. The SMILES string of the molecule is CCCC(N)C(=O)N1CCN(Cc2ccncc2)CC1. The summed E-state index contributed by atoms with van der Waals surface area (Å²) >= 11 is 0. The number of carbonyl (C=O) groups excluding carboxylic acids is 1. The molecule has 1 aromatic rings. The zero-order valence-electron chi connectivity index (χ0n) is 12.2. The van der Waals surface area contributed by atoms with Crippen molar-refractivity contribution < 1.29 is 4.79 Å². The van der Waals surface area contributed by atoms with Gasteiger partial charge in [-0.1, -0.05) is 13.3 Å². The van der Waals surface area contributed by atoms with Crippen molar-refractivity contribution in [2.24, 2.45) is 5.73 Å². The van der Waals surface area contributed by atoms with Crippen LogP contribution in [0, 0.1) is 0 Å². The lowest BCUT2D eigenvalue weighted by Gasteiger charge is -2.35. The maximum atomic E-state index is 12.1. The average molecular weight is 276 g/mol. The van der Waals surface area contributed by atoms with Gasteiger partial charge in [0, 0.05) is 45.1 Å². The molecule has 1 aliphatic heterocycles. The molecule has 1 saturated heterocycles. The summed E-state index contributed by atoms with van der Waals surface area (Å²) in [4.78, 5) is 20.4. The van der Waals surface area contributed by atoms with Gasteiger partial charge in [-0.05, 0) is 24.1 Å². The Labute approximate surface area is 120 Å². The van der Waals surface area contributed by atoms with Crippen molar-refractivity contribution >= 4 is 5.91 Å². The van der Waals surface area contributed by atoms with Crippen LogP contribution in [0.25, 0.3) is 0 Å². The quantitative estimate of drug-likeness (QED) is 0.866. The standard InChI is InChI=1S/C15H24N4O/c1-2-3-14(16)15(20)19-10-8-18(9-11-19)12-13-4-6-17-7-5-13/h4-7,14H,2-3,8-12,16H2,1H3. The van der Waals surface area contributed by atoms with E-state index in [0.717, 1.165) is 45.6 Å². The summed E-state index contributed by atoms with van der Waals surface area (Å²) in [6.45, 7) is 6.35. The van der Waals surface area contributed by atoms with Crippen LogP contribution in [0.2, 0.25) is 0 Å². The second-order valence-electron chi connectivity index (χ2n) is 5.35. The molecule has 5 nitrogen and oxygen atoms in total. The summed E-state index contributed by atoms with van der Waals surface area (Å²) in [6.07, 6.45) is 5.36. The fourth-order valence-electron chi connectivity index (χ4n) is 2.54. The third kappa shape index (κ3) is 4.02. The highest BCUT2D eigenvalue weighted by molar-refractivity contribution is 5.81. The number of rotatable bonds is 5. The lowest BCUT2D eigenvalue weighted by Crippen LogP contribution is -2.52. The van der Waals surface area contributed by atoms with E-state index in [9.17, 15) is 4.79 Å². The second kappa shape index (κ2) is 7.36. The van der Waals surface area contributed by atoms with Gasteiger partial charge in [0.05, 0.1) is 6.04 Å². The van der Waals surface area contributed by atoms with E-state index in [4.69, 9.17) is 5.73 Å². The molecule has 0 saturated carbocycles. The minimum absolute atomic E-state index is 0.107. The van der Waals surface area contributed by atoms with Gasteiger partial charge in [0.25, 0.3) is 0 Å². The van der Waals surface area contributed by atoms with Crippen LogP contribution in [-0.4, -0.2) is 52.9 Å². The molecule has 20 heavy (non-hydrogen) atoms. The Morgan fingerprint density at radius 3 is 2.55 bits per heavy atom. The lowest BCUT2D eigenvalue weighted by atomic mass is 10.1. The van der Waals surface area contributed by atoms with Gasteiger partial charge >= 0.3 is 0 Å². The predicted octanol–water partition coefficient (Wildman–Crippen LogP) is 0.853. The van der Waals surface area contributed by atoms with Crippen LogP contribution in [0.15, 0.2) is 24.5 Å². The number of pyridine rings is 1. The molecule has 2 heterocycles. The summed E-state index contributed by atoms with van der Waals surface area (Å²) in [6, 6.07) is 3.75. The third-order valence-electron chi connectivity index (χ3n) is 3.76. The first kappa shape index (κ1) is 14.9. The number of aromatic nitrogens is 1. The topological polar surface area (TPSA) is 62.5 Å². The van der Waals surface area contributed by atoms with Crippen LogP contribution >= 0.6 is 0 Å². The molecule has 0 bridgehead atoms. The van der Waals surface area contributed by atoms with Crippen LogP contribution < -0.4 is 5.73 Å². The van der Waals surface area contributed by atoms with Crippen LogP contribution in [-0.2, 0) is 11.3 Å². The van der Waals surface area contributed by atoms with Crippen molar-refractivity contribution in [3.05, 3.63) is 30.1 Å². The van der Waals surface area contributed by atoms with Gasteiger partial charge in [-0.25, -0.2) is 0 Å². The molecule has 2 N–H and O–H groups in total. The van der Waals surface area contributed by atoms with E-state index in [-0.39, 0.29) is 11.9 Å². The summed E-state index contributed by atoms with van der Waals surface area (Å²) in [7, 11) is 0. The molecular weight excluding hydrogens is 252 g/mol. The maximum absolute atomic E-state index is 12.1. The number of nitrogens with two attached hydrogens (primary N) is 1. The largest absolute Gasteiger partial charge is 0.339 e. The summed E-state index contributed by atoms with van der Waals surface area (Å²) in [5.74, 6) is 0.107. The fraction of sp³-hybridized carbons (Fsp3) is 0.600. The highest BCUT2D eigenvalue weighted by atomic mass is 16.2. The van der Waals surface area contributed by atoms with Gasteiger partial charge < -0.3 is 10.6 Å². The Morgan fingerprint density at radius 1 is 1.30 bits per heavy atom. The van der Waals surface area contributed by atoms with Gasteiger partial charge in [-0.2, -0.15) is 0 Å². The normalized spacial score (nSPS) is 18.0. The van der Waals surface area contributed by atoms with Crippen molar-refractivity contribution in [2.75, 3.05) is 26.2 Å². The van der Waals surface area contributed by atoms with E-state index in [1.54, 1.807) is 0 Å². The molecule has 1 atom stereocenters. The fourth-order valence-corrected chi connectivity index (χ4v) is 2.54. The molecule has 1 fully saturated rings. The highest BCUT2D eigenvalue weighted by Crippen LogP contribution is 2.09. The van der Waals surface area contributed by atoms with Crippen molar-refractivity contribution in [3.8, 4) is 0 Å². The van der Waals surface area contributed by atoms with Crippen LogP contribution in [0.3, 0.4) is 0 Å². The Balaban J connectivity index is 1.79. The first-order valence-electron chi connectivity index (χ1n) is 7.36. The smallest absolute Gasteiger partial charge is 0.239 e. The number of hydrogen-bond acceptors (Lipinski definition) is 4. The Hall–Kier alpha value is -1.46. The number of hydrogen-bond donors (Lipinski definition) is 1. The van der Waals surface area contributed by atoms with Gasteiger partial charge in [0.15, 0.2) is 0 Å². The Kier molecular flexibility index (Phi) is 5.49. The van der Waals surface area contributed by atoms with Crippen LogP contribution in [0.4, 0.5) is 0 Å². The van der Waals surface area contributed by atoms with Gasteiger partial charge in [-0.3, -0.25) is 14.7 Å². The molecule has 5 heteroatoms. The molecule has 1 amide bonds. The number of carbonyl (C=O) groups is 1. The predicted molar refractivity (Wildman–Crippen MR) is 79.0 cm³/mol. The van der Waals surface area contributed by atoms with E-state index in [0.29, 0.717) is 0 Å². The van der Waals surface area contributed by atoms with Gasteiger partial charge in [0.1, 0.15) is 0 Å². The molecule has 0 spiro atoms. The van der Waals surface area contributed by atoms with Gasteiger partial charge in [-0.15, -0.1) is 0 Å². The second-order valence-corrected chi connectivity index (χ2v) is 5.35. The summed E-state index contributed by atoms with van der Waals surface area (Å²) in [5.41, 5.74) is 7.17. The zero-order valence-corrected chi connectivity index (χ0v) is 12.2. The minimum Gasteiger partial charge on any atom is -0.339 e. The lowest BCUT2D eigenvalue weighted by molar-refractivity contribution is -0.134. The molecule has 2 rings (SSSR count). The monoisotopic (exact) mass is 276 g/mol. The van der Waals surface area contributed by atoms with Crippen molar-refractivity contribution in [1.29, 1.82) is 0 Å². The molecule has 0 aromatic carbocycles. The minimum atomic E-state index is -0.327. The van der Waals surface area contributed by atoms with E-state index in [1.165, 1.54) is 5.56 Å². The van der Waals surface area contributed by atoms with E-state index in [2.05, 4.69) is 16.8 Å². The first-order valence-corrected chi connectivity index (χ1v) is 7.36. The maximum Gasteiger partial charge on any atom is 0.239 e. The Bertz CT molecular complexity index is 415. The molecule has 1 aliphatic rings. The molecule has 1 unspecified atom stereocenters.